The first-order chi connectivity index (χ1) is 14.0. The van der Waals surface area contributed by atoms with Gasteiger partial charge in [-0.25, -0.2) is 0 Å². The fourth-order valence-corrected chi connectivity index (χ4v) is 4.03. The zero-order chi connectivity index (χ0) is 20.5. The summed E-state index contributed by atoms with van der Waals surface area (Å²) >= 11 is 6.33. The molecular formula is C21H17N3O3S2. The number of benzene rings is 1. The van der Waals surface area contributed by atoms with Gasteiger partial charge in [0.05, 0.1) is 4.91 Å². The fraction of sp³-hybridized carbons (Fsp3) is 0.143. The van der Waals surface area contributed by atoms with Crippen molar-refractivity contribution in [2.45, 2.75) is 13.3 Å². The highest BCUT2D eigenvalue weighted by Crippen LogP contribution is 2.33. The molecule has 8 heteroatoms. The third kappa shape index (κ3) is 3.68. The predicted octanol–water partition coefficient (Wildman–Crippen LogP) is 3.88. The maximum atomic E-state index is 13.1. The molecule has 29 heavy (non-hydrogen) atoms. The van der Waals surface area contributed by atoms with Crippen molar-refractivity contribution in [1.29, 1.82) is 0 Å². The molecule has 0 aliphatic carbocycles. The van der Waals surface area contributed by atoms with E-state index in [1.807, 2.05) is 24.3 Å². The van der Waals surface area contributed by atoms with E-state index in [2.05, 4.69) is 11.9 Å². The van der Waals surface area contributed by atoms with Crippen LogP contribution in [0.3, 0.4) is 0 Å². The summed E-state index contributed by atoms with van der Waals surface area (Å²) in [6, 6.07) is 12.9. The van der Waals surface area contributed by atoms with E-state index in [4.69, 9.17) is 17.0 Å². The molecule has 0 bridgehead atoms. The van der Waals surface area contributed by atoms with E-state index >= 15 is 0 Å². The van der Waals surface area contributed by atoms with Gasteiger partial charge in [-0.2, -0.15) is 4.98 Å². The van der Waals surface area contributed by atoms with Gasteiger partial charge in [-0.05, 0) is 42.3 Å². The molecule has 3 heterocycles. The minimum absolute atomic E-state index is 0.145. The third-order valence-electron chi connectivity index (χ3n) is 4.54. The Morgan fingerprint density at radius 3 is 2.59 bits per heavy atom. The summed E-state index contributed by atoms with van der Waals surface area (Å²) in [5.74, 6) is 0.453. The largest absolute Gasteiger partial charge is 0.438 e. The molecule has 1 fully saturated rings. The maximum absolute atomic E-state index is 13.1. The van der Waals surface area contributed by atoms with Crippen LogP contribution in [-0.2, 0) is 11.2 Å². The number of thiocarbonyl (C=S) groups is 1. The van der Waals surface area contributed by atoms with Gasteiger partial charge in [-0.3, -0.25) is 18.9 Å². The number of aromatic nitrogens is 2. The summed E-state index contributed by atoms with van der Waals surface area (Å²) in [6.07, 6.45) is 4.06. The summed E-state index contributed by atoms with van der Waals surface area (Å²) in [5.41, 5.74) is 1.51. The van der Waals surface area contributed by atoms with Crippen LogP contribution in [0.5, 0.6) is 11.6 Å². The van der Waals surface area contributed by atoms with Gasteiger partial charge in [-0.15, -0.1) is 0 Å². The number of aryl methyl sites for hydroxylation is 1. The van der Waals surface area contributed by atoms with Crippen molar-refractivity contribution in [3.8, 4) is 11.6 Å². The summed E-state index contributed by atoms with van der Waals surface area (Å²) < 4.78 is 7.82. The molecule has 0 atom stereocenters. The van der Waals surface area contributed by atoms with Crippen molar-refractivity contribution in [3.05, 3.63) is 75.0 Å². The quantitative estimate of drug-likeness (QED) is 0.469. The van der Waals surface area contributed by atoms with Crippen molar-refractivity contribution >= 4 is 45.9 Å². The lowest BCUT2D eigenvalue weighted by atomic mass is 10.2. The van der Waals surface area contributed by atoms with Crippen LogP contribution in [0.1, 0.15) is 18.1 Å². The Morgan fingerprint density at radius 2 is 1.93 bits per heavy atom. The minimum Gasteiger partial charge on any atom is -0.438 e. The monoisotopic (exact) mass is 423 g/mol. The lowest BCUT2D eigenvalue weighted by Gasteiger charge is -2.10. The van der Waals surface area contributed by atoms with Crippen LogP contribution in [0.15, 0.2) is 58.4 Å². The number of carbonyl (C=O) groups excluding carboxylic acids is 1. The van der Waals surface area contributed by atoms with Crippen LogP contribution in [0.25, 0.3) is 11.7 Å². The van der Waals surface area contributed by atoms with E-state index < -0.39 is 0 Å². The predicted molar refractivity (Wildman–Crippen MR) is 118 cm³/mol. The second-order valence-electron chi connectivity index (χ2n) is 6.40. The standard InChI is InChI=1S/C21H17N3O3S2/c1-3-13-7-9-14(10-8-13)27-18-15(12-16-20(26)23(2)21(28)29-16)19(25)24-11-5-4-6-17(24)22-18/h4-12H,3H2,1-2H3/b16-12+. The first-order valence-electron chi connectivity index (χ1n) is 8.97. The number of ether oxygens (including phenoxy) is 1. The topological polar surface area (TPSA) is 63.9 Å². The van der Waals surface area contributed by atoms with Gasteiger partial charge in [-0.1, -0.05) is 49.1 Å². The number of pyridine rings is 1. The number of rotatable bonds is 4. The van der Waals surface area contributed by atoms with E-state index in [9.17, 15) is 9.59 Å². The number of hydrogen-bond donors (Lipinski definition) is 0. The molecule has 1 aliphatic rings. The van der Waals surface area contributed by atoms with Crippen molar-refractivity contribution in [2.24, 2.45) is 0 Å². The molecule has 1 aliphatic heterocycles. The maximum Gasteiger partial charge on any atom is 0.269 e. The zero-order valence-electron chi connectivity index (χ0n) is 15.8. The van der Waals surface area contributed by atoms with E-state index in [1.165, 1.54) is 20.9 Å². The normalized spacial score (nSPS) is 15.5. The molecule has 0 unspecified atom stereocenters. The second kappa shape index (κ2) is 7.81. The van der Waals surface area contributed by atoms with Crippen LogP contribution in [0, 0.1) is 0 Å². The van der Waals surface area contributed by atoms with Gasteiger partial charge < -0.3 is 4.74 Å². The molecule has 3 aromatic rings. The number of amides is 1. The van der Waals surface area contributed by atoms with E-state index in [-0.39, 0.29) is 22.9 Å². The summed E-state index contributed by atoms with van der Waals surface area (Å²) in [5, 5.41) is 0. The Morgan fingerprint density at radius 1 is 1.17 bits per heavy atom. The first kappa shape index (κ1) is 19.4. The Kier molecular flexibility index (Phi) is 5.21. The SMILES string of the molecule is CCc1ccc(Oc2nc3ccccn3c(=O)c2/C=C2/SC(=S)N(C)C2=O)cc1. The molecule has 146 valence electrons. The number of carbonyl (C=O) groups is 1. The summed E-state index contributed by atoms with van der Waals surface area (Å²) in [7, 11) is 1.61. The highest BCUT2D eigenvalue weighted by atomic mass is 32.2. The molecule has 4 rings (SSSR count). The van der Waals surface area contributed by atoms with Crippen molar-refractivity contribution in [1.82, 2.24) is 14.3 Å². The van der Waals surface area contributed by atoms with Crippen LogP contribution in [0.4, 0.5) is 0 Å². The summed E-state index contributed by atoms with van der Waals surface area (Å²) in [4.78, 5) is 31.8. The molecule has 1 amide bonds. The first-order valence-corrected chi connectivity index (χ1v) is 10.2. The van der Waals surface area contributed by atoms with Crippen molar-refractivity contribution in [3.63, 3.8) is 0 Å². The van der Waals surface area contributed by atoms with Crippen LogP contribution in [-0.4, -0.2) is 31.6 Å². The Balaban J connectivity index is 1.86. The molecule has 0 spiro atoms. The number of likely N-dealkylation sites (N-methyl/N-ethyl adjacent to an activating group) is 1. The molecule has 0 radical (unpaired) electrons. The zero-order valence-corrected chi connectivity index (χ0v) is 17.4. The molecule has 1 saturated heterocycles. The molecule has 0 N–H and O–H groups in total. The van der Waals surface area contributed by atoms with Gasteiger partial charge in [0, 0.05) is 13.2 Å². The van der Waals surface area contributed by atoms with Gasteiger partial charge in [0.2, 0.25) is 5.88 Å². The molecule has 2 aromatic heterocycles. The number of thioether (sulfide) groups is 1. The van der Waals surface area contributed by atoms with Crippen molar-refractivity contribution < 1.29 is 9.53 Å². The second-order valence-corrected chi connectivity index (χ2v) is 8.08. The lowest BCUT2D eigenvalue weighted by Crippen LogP contribution is -2.22. The number of fused-ring (bicyclic) bond motifs is 1. The van der Waals surface area contributed by atoms with Gasteiger partial charge in [0.25, 0.3) is 11.5 Å². The average molecular weight is 424 g/mol. The average Bonchev–Trinajstić information content (AvgIpc) is 2.98. The highest BCUT2D eigenvalue weighted by Gasteiger charge is 2.29. The fourth-order valence-electron chi connectivity index (χ4n) is 2.87. The molecule has 6 nitrogen and oxygen atoms in total. The summed E-state index contributed by atoms with van der Waals surface area (Å²) in [6.45, 7) is 2.07. The number of nitrogens with zero attached hydrogens (tertiary/aromatic N) is 3. The van der Waals surface area contributed by atoms with Crippen LogP contribution < -0.4 is 10.3 Å². The smallest absolute Gasteiger partial charge is 0.269 e. The van der Waals surface area contributed by atoms with Crippen molar-refractivity contribution in [2.75, 3.05) is 7.05 Å². The van der Waals surface area contributed by atoms with Gasteiger partial charge in [0.1, 0.15) is 21.3 Å². The van der Waals surface area contributed by atoms with Crippen LogP contribution in [0.2, 0.25) is 0 Å². The molecular weight excluding hydrogens is 406 g/mol. The van der Waals surface area contributed by atoms with Gasteiger partial charge in [0.15, 0.2) is 0 Å². The van der Waals surface area contributed by atoms with Crippen LogP contribution >= 0.6 is 24.0 Å². The van der Waals surface area contributed by atoms with E-state index in [1.54, 1.807) is 31.4 Å². The Bertz CT molecular complexity index is 1220. The van der Waals surface area contributed by atoms with E-state index in [0.29, 0.717) is 20.6 Å². The highest BCUT2D eigenvalue weighted by molar-refractivity contribution is 8.26. The minimum atomic E-state index is -0.322. The number of hydrogen-bond acceptors (Lipinski definition) is 6. The molecule has 0 saturated carbocycles. The molecule has 1 aromatic carbocycles. The third-order valence-corrected chi connectivity index (χ3v) is 6.03. The van der Waals surface area contributed by atoms with Gasteiger partial charge >= 0.3 is 0 Å². The lowest BCUT2D eigenvalue weighted by molar-refractivity contribution is -0.121. The Labute approximate surface area is 176 Å². The van der Waals surface area contributed by atoms with E-state index in [0.717, 1.165) is 18.2 Å². The Hall–Kier alpha value is -2.97.